The molecular weight excluding hydrogens is 464 g/mol. The number of hydrogen-bond donors (Lipinski definition) is 1. The number of anilines is 1. The fourth-order valence-corrected chi connectivity index (χ4v) is 4.64. The van der Waals surface area contributed by atoms with Crippen LogP contribution in [-0.2, 0) is 24.3 Å². The van der Waals surface area contributed by atoms with Crippen molar-refractivity contribution in [3.63, 3.8) is 0 Å². The molecule has 0 saturated heterocycles. The second kappa shape index (κ2) is 11.6. The first-order valence-electron chi connectivity index (χ1n) is 10.4. The Bertz CT molecular complexity index is 1140. The number of amides is 1. The number of aryl methyl sites for hydroxylation is 1. The highest BCUT2D eigenvalue weighted by Crippen LogP contribution is 2.24. The fraction of sp³-hybridized carbons (Fsp3) is 0.348. The minimum Gasteiger partial charge on any atom is -0.494 e. The van der Waals surface area contributed by atoms with Crippen molar-refractivity contribution in [3.05, 3.63) is 53.1 Å². The third-order valence-electron chi connectivity index (χ3n) is 4.82. The summed E-state index contributed by atoms with van der Waals surface area (Å²) in [5.41, 5.74) is 0.799. The average Bonchev–Trinajstić information content (AvgIpc) is 2.82. The summed E-state index contributed by atoms with van der Waals surface area (Å²) in [6.07, 6.45) is 0. The predicted octanol–water partition coefficient (Wildman–Crippen LogP) is 2.62. The van der Waals surface area contributed by atoms with Gasteiger partial charge in [-0.25, -0.2) is 18.0 Å². The normalized spacial score (nSPS) is 11.1. The second-order valence-corrected chi connectivity index (χ2v) is 9.06. The van der Waals surface area contributed by atoms with Crippen LogP contribution in [0.5, 0.6) is 5.75 Å². The van der Waals surface area contributed by atoms with E-state index in [2.05, 4.69) is 14.8 Å². The van der Waals surface area contributed by atoms with Gasteiger partial charge in [0.2, 0.25) is 15.9 Å². The van der Waals surface area contributed by atoms with Crippen molar-refractivity contribution in [2.24, 2.45) is 0 Å². The summed E-state index contributed by atoms with van der Waals surface area (Å²) in [7, 11) is -1.62. The number of esters is 2. The first-order valence-corrected chi connectivity index (χ1v) is 11.9. The lowest BCUT2D eigenvalue weighted by atomic mass is 10.1. The van der Waals surface area contributed by atoms with Crippen LogP contribution in [0.15, 0.2) is 41.3 Å². The maximum atomic E-state index is 13.1. The van der Waals surface area contributed by atoms with Gasteiger partial charge in [0.25, 0.3) is 0 Å². The lowest BCUT2D eigenvalue weighted by molar-refractivity contribution is -0.116. The van der Waals surface area contributed by atoms with E-state index in [9.17, 15) is 22.8 Å². The maximum Gasteiger partial charge on any atom is 0.337 e. The van der Waals surface area contributed by atoms with Crippen LogP contribution in [0, 0.1) is 6.92 Å². The maximum absolute atomic E-state index is 13.1. The van der Waals surface area contributed by atoms with E-state index in [-0.39, 0.29) is 28.3 Å². The van der Waals surface area contributed by atoms with Gasteiger partial charge in [0.1, 0.15) is 5.75 Å². The number of methoxy groups -OCH3 is 2. The Balaban J connectivity index is 2.27. The monoisotopic (exact) mass is 492 g/mol. The summed E-state index contributed by atoms with van der Waals surface area (Å²) < 4.78 is 42.1. The summed E-state index contributed by atoms with van der Waals surface area (Å²) in [5, 5.41) is 2.53. The van der Waals surface area contributed by atoms with Gasteiger partial charge in [0.05, 0.1) is 43.4 Å². The van der Waals surface area contributed by atoms with E-state index < -0.39 is 34.4 Å². The summed E-state index contributed by atoms with van der Waals surface area (Å²) in [6, 6.07) is 8.39. The highest BCUT2D eigenvalue weighted by Gasteiger charge is 2.26. The molecule has 0 fully saturated rings. The smallest absolute Gasteiger partial charge is 0.337 e. The highest BCUT2D eigenvalue weighted by molar-refractivity contribution is 7.89. The zero-order chi connectivity index (χ0) is 25.5. The molecule has 34 heavy (non-hydrogen) atoms. The average molecular weight is 493 g/mol. The number of ether oxygens (including phenoxy) is 3. The Labute approximate surface area is 198 Å². The van der Waals surface area contributed by atoms with E-state index in [1.807, 2.05) is 6.92 Å². The molecule has 0 aliphatic rings. The van der Waals surface area contributed by atoms with E-state index in [4.69, 9.17) is 4.74 Å². The zero-order valence-electron chi connectivity index (χ0n) is 19.7. The zero-order valence-corrected chi connectivity index (χ0v) is 20.5. The van der Waals surface area contributed by atoms with Crippen molar-refractivity contribution < 1.29 is 37.0 Å². The minimum atomic E-state index is -3.98. The van der Waals surface area contributed by atoms with Gasteiger partial charge in [-0.15, -0.1) is 0 Å². The standard InChI is InChI=1S/C23H28N2O8S/c1-6-25(34(29,30)19-8-9-20(33-7-2)15(3)10-19)14-21(26)24-18-12-16(22(27)31-4)11-17(13-18)23(28)32-5/h8-13H,6-7,14H2,1-5H3,(H,24,26). The molecule has 0 aromatic heterocycles. The molecule has 11 heteroatoms. The quantitative estimate of drug-likeness (QED) is 0.501. The Hall–Kier alpha value is -3.44. The van der Waals surface area contributed by atoms with Crippen molar-refractivity contribution in [1.29, 1.82) is 0 Å². The molecule has 0 atom stereocenters. The number of carbonyl (C=O) groups excluding carboxylic acids is 3. The van der Waals surface area contributed by atoms with Gasteiger partial charge < -0.3 is 19.5 Å². The number of likely N-dealkylation sites (N-methyl/N-ethyl adjacent to an activating group) is 1. The highest BCUT2D eigenvalue weighted by atomic mass is 32.2. The fourth-order valence-electron chi connectivity index (χ4n) is 3.15. The van der Waals surface area contributed by atoms with E-state index in [0.29, 0.717) is 17.9 Å². The topological polar surface area (TPSA) is 128 Å². The van der Waals surface area contributed by atoms with Crippen molar-refractivity contribution in [2.45, 2.75) is 25.7 Å². The number of sulfonamides is 1. The van der Waals surface area contributed by atoms with Gasteiger partial charge in [-0.3, -0.25) is 4.79 Å². The number of benzene rings is 2. The molecule has 1 amide bonds. The molecule has 2 aromatic carbocycles. The molecule has 0 radical (unpaired) electrons. The molecule has 2 rings (SSSR count). The van der Waals surface area contributed by atoms with Crippen LogP contribution in [-0.4, -0.2) is 64.5 Å². The first-order chi connectivity index (χ1) is 16.1. The minimum absolute atomic E-state index is 0.0190. The van der Waals surface area contributed by atoms with E-state index in [0.717, 1.165) is 4.31 Å². The summed E-state index contributed by atoms with van der Waals surface area (Å²) in [4.78, 5) is 36.6. The van der Waals surface area contributed by atoms with Crippen molar-refractivity contribution in [3.8, 4) is 5.75 Å². The van der Waals surface area contributed by atoms with Crippen molar-refractivity contribution in [2.75, 3.05) is 39.2 Å². The third kappa shape index (κ3) is 6.33. The largest absolute Gasteiger partial charge is 0.494 e. The SMILES string of the molecule is CCOc1ccc(S(=O)(=O)N(CC)CC(=O)Nc2cc(C(=O)OC)cc(C(=O)OC)c2)cc1C. The number of nitrogens with zero attached hydrogens (tertiary/aromatic N) is 1. The van der Waals surface area contributed by atoms with E-state index in [1.54, 1.807) is 19.9 Å². The molecular formula is C23H28N2O8S. The molecule has 0 aliphatic carbocycles. The summed E-state index contributed by atoms with van der Waals surface area (Å²) in [5.74, 6) is -1.52. The number of hydrogen-bond acceptors (Lipinski definition) is 8. The first kappa shape index (κ1) is 26.8. The van der Waals surface area contributed by atoms with Gasteiger partial charge in [-0.2, -0.15) is 4.31 Å². The summed E-state index contributed by atoms with van der Waals surface area (Å²) >= 11 is 0. The molecule has 2 aromatic rings. The Kier molecular flexibility index (Phi) is 9.16. The number of nitrogens with one attached hydrogen (secondary N) is 1. The van der Waals surface area contributed by atoms with Gasteiger partial charge >= 0.3 is 11.9 Å². The lowest BCUT2D eigenvalue weighted by Gasteiger charge is -2.21. The Morgan fingerprint density at radius 1 is 0.941 bits per heavy atom. The van der Waals surface area contributed by atoms with Crippen LogP contribution in [0.4, 0.5) is 5.69 Å². The second-order valence-electron chi connectivity index (χ2n) is 7.12. The van der Waals surface area contributed by atoms with Crippen LogP contribution >= 0.6 is 0 Å². The molecule has 184 valence electrons. The van der Waals surface area contributed by atoms with Crippen LogP contribution in [0.2, 0.25) is 0 Å². The van der Waals surface area contributed by atoms with Crippen molar-refractivity contribution in [1.82, 2.24) is 4.31 Å². The molecule has 0 bridgehead atoms. The predicted molar refractivity (Wildman–Crippen MR) is 125 cm³/mol. The Morgan fingerprint density at radius 3 is 2.00 bits per heavy atom. The molecule has 1 N–H and O–H groups in total. The molecule has 0 heterocycles. The molecule has 0 aliphatic heterocycles. The Morgan fingerprint density at radius 2 is 1.53 bits per heavy atom. The van der Waals surface area contributed by atoms with Gasteiger partial charge in [-0.05, 0) is 55.8 Å². The van der Waals surface area contributed by atoms with Gasteiger partial charge in [0, 0.05) is 12.2 Å². The van der Waals surface area contributed by atoms with E-state index in [1.165, 1.54) is 44.6 Å². The van der Waals surface area contributed by atoms with Crippen LogP contribution in [0.1, 0.15) is 40.1 Å². The number of rotatable bonds is 10. The molecule has 0 spiro atoms. The van der Waals surface area contributed by atoms with Crippen molar-refractivity contribution >= 4 is 33.6 Å². The number of carbonyl (C=O) groups is 3. The summed E-state index contributed by atoms with van der Waals surface area (Å²) in [6.45, 7) is 5.18. The lowest BCUT2D eigenvalue weighted by Crippen LogP contribution is -2.37. The molecule has 10 nitrogen and oxygen atoms in total. The van der Waals surface area contributed by atoms with Crippen LogP contribution < -0.4 is 10.1 Å². The van der Waals surface area contributed by atoms with Gasteiger partial charge in [0.15, 0.2) is 0 Å². The van der Waals surface area contributed by atoms with E-state index >= 15 is 0 Å². The van der Waals surface area contributed by atoms with Crippen LogP contribution in [0.25, 0.3) is 0 Å². The third-order valence-corrected chi connectivity index (χ3v) is 6.73. The molecule has 0 unspecified atom stereocenters. The molecule has 0 saturated carbocycles. The van der Waals surface area contributed by atoms with Gasteiger partial charge in [-0.1, -0.05) is 6.92 Å². The van der Waals surface area contributed by atoms with Crippen LogP contribution in [0.3, 0.4) is 0 Å².